The van der Waals surface area contributed by atoms with Crippen LogP contribution in [0.3, 0.4) is 0 Å². The fourth-order valence-electron chi connectivity index (χ4n) is 1.04. The lowest BCUT2D eigenvalue weighted by atomic mass is 10.1. The summed E-state index contributed by atoms with van der Waals surface area (Å²) < 4.78 is 47.4. The molecule has 4 heteroatoms. The molecule has 2 nitrogen and oxygen atoms in total. The largest absolute Gasteiger partial charge is 0.398 e. The van der Waals surface area contributed by atoms with Crippen LogP contribution < -0.4 is 11.5 Å². The van der Waals surface area contributed by atoms with Gasteiger partial charge in [0.2, 0.25) is 0 Å². The first-order valence-electron chi connectivity index (χ1n) is 7.21. The van der Waals surface area contributed by atoms with Crippen molar-refractivity contribution in [1.29, 1.82) is 0 Å². The van der Waals surface area contributed by atoms with Gasteiger partial charge in [-0.15, -0.1) is 0 Å². The summed E-state index contributed by atoms with van der Waals surface area (Å²) in [5, 5.41) is -0.511. The van der Waals surface area contributed by atoms with Crippen LogP contribution in [0.4, 0.5) is 11.4 Å². The van der Waals surface area contributed by atoms with Crippen LogP contribution >= 0.6 is 23.2 Å². The molecule has 16 heavy (non-hydrogen) atoms. The molecule has 2 rings (SSSR count). The molecule has 82 valence electrons. The minimum Gasteiger partial charge on any atom is -0.398 e. The number of hydrogen-bond donors (Lipinski definition) is 2. The first kappa shape index (κ1) is 5.80. The Hall–Kier alpha value is -1.38. The van der Waals surface area contributed by atoms with Crippen LogP contribution in [0, 0.1) is 0 Å². The van der Waals surface area contributed by atoms with E-state index in [9.17, 15) is 0 Å². The Labute approximate surface area is 112 Å². The second-order valence-corrected chi connectivity index (χ2v) is 3.71. The number of halogens is 2. The topological polar surface area (TPSA) is 52.0 Å². The van der Waals surface area contributed by atoms with Crippen LogP contribution in [0.15, 0.2) is 36.3 Å². The molecule has 0 atom stereocenters. The highest BCUT2D eigenvalue weighted by Crippen LogP contribution is 2.30. The van der Waals surface area contributed by atoms with Crippen LogP contribution in [0.25, 0.3) is 11.1 Å². The van der Waals surface area contributed by atoms with Crippen molar-refractivity contribution in [1.82, 2.24) is 0 Å². The number of anilines is 2. The molecule has 0 aliphatic heterocycles. The molecular weight excluding hydrogens is 243 g/mol. The van der Waals surface area contributed by atoms with Crippen molar-refractivity contribution in [2.24, 2.45) is 0 Å². The summed E-state index contributed by atoms with van der Waals surface area (Å²) in [4.78, 5) is 0. The van der Waals surface area contributed by atoms with Gasteiger partial charge in [-0.2, -0.15) is 0 Å². The van der Waals surface area contributed by atoms with Crippen molar-refractivity contribution >= 4 is 34.6 Å². The number of nitrogens with two attached hydrogens (primary N) is 2. The Bertz CT molecular complexity index is 684. The maximum atomic E-state index is 7.98. The number of rotatable bonds is 1. The molecule has 0 radical (unpaired) electrons. The summed E-state index contributed by atoms with van der Waals surface area (Å²) in [7, 11) is 0. The lowest BCUT2D eigenvalue weighted by molar-refractivity contribution is 1.61. The SMILES string of the molecule is [2H]c1c([2H])c(-c2c([2H])c([2H])c(N)c(Cl)c2[2H])c([2H])c(Cl)c1N. The minimum atomic E-state index is -0.464. The summed E-state index contributed by atoms with van der Waals surface area (Å²) in [6.45, 7) is 0. The Kier molecular flexibility index (Phi) is 1.54. The van der Waals surface area contributed by atoms with Crippen molar-refractivity contribution in [3.63, 3.8) is 0 Å². The highest BCUT2D eigenvalue weighted by Gasteiger charge is 2.03. The van der Waals surface area contributed by atoms with Gasteiger partial charge in [-0.25, -0.2) is 0 Å². The summed E-state index contributed by atoms with van der Waals surface area (Å²) in [6.07, 6.45) is 0. The van der Waals surface area contributed by atoms with Crippen molar-refractivity contribution in [2.45, 2.75) is 0 Å². The number of nitrogen functional groups attached to an aromatic ring is 2. The zero-order valence-electron chi connectivity index (χ0n) is 13.9. The van der Waals surface area contributed by atoms with Gasteiger partial charge in [-0.05, 0) is 35.3 Å². The van der Waals surface area contributed by atoms with Crippen LogP contribution in [-0.2, 0) is 0 Å². The van der Waals surface area contributed by atoms with Gasteiger partial charge in [0, 0.05) is 0 Å². The van der Waals surface area contributed by atoms with E-state index < -0.39 is 36.3 Å². The average Bonchev–Trinajstić information content (AvgIpc) is 2.50. The van der Waals surface area contributed by atoms with Gasteiger partial charge >= 0.3 is 0 Å². The van der Waals surface area contributed by atoms with Gasteiger partial charge in [-0.3, -0.25) is 0 Å². The van der Waals surface area contributed by atoms with Gasteiger partial charge in [0.05, 0.1) is 29.6 Å². The maximum absolute atomic E-state index is 7.98. The fraction of sp³-hybridized carbons (Fsp3) is 0. The quantitative estimate of drug-likeness (QED) is 0.765. The molecule has 0 unspecified atom stereocenters. The van der Waals surface area contributed by atoms with E-state index in [-0.39, 0.29) is 32.5 Å². The predicted octanol–water partition coefficient (Wildman–Crippen LogP) is 3.82. The van der Waals surface area contributed by atoms with E-state index in [4.69, 9.17) is 42.9 Å². The molecule has 4 N–H and O–H groups in total. The van der Waals surface area contributed by atoms with Gasteiger partial charge < -0.3 is 11.5 Å². The van der Waals surface area contributed by atoms with Gasteiger partial charge in [0.15, 0.2) is 0 Å². The molecule has 0 saturated carbocycles. The summed E-state index contributed by atoms with van der Waals surface area (Å²) >= 11 is 11.8. The highest BCUT2D eigenvalue weighted by atomic mass is 35.5. The van der Waals surface area contributed by atoms with E-state index in [1.807, 2.05) is 0 Å². The average molecular weight is 259 g/mol. The standard InChI is InChI=1S/C12H10Cl2N2/c13-9-5-7(1-3-11(9)15)8-2-4-12(16)10(14)6-8/h1-6H,15-16H2/i1D,2D,3D,4D,5D,6D. The van der Waals surface area contributed by atoms with Crippen LogP contribution in [0.5, 0.6) is 0 Å². The summed E-state index contributed by atoms with van der Waals surface area (Å²) in [5.41, 5.74) is 10.2. The molecular formula is C12H10Cl2N2. The lowest BCUT2D eigenvalue weighted by Gasteiger charge is -2.06. The summed E-state index contributed by atoms with van der Waals surface area (Å²) in [6, 6.07) is -2.57. The third kappa shape index (κ3) is 2.08. The molecule has 2 aromatic rings. The van der Waals surface area contributed by atoms with Crippen molar-refractivity contribution in [2.75, 3.05) is 11.5 Å². The molecule has 0 heterocycles. The highest BCUT2D eigenvalue weighted by molar-refractivity contribution is 6.34. The first-order chi connectivity index (χ1) is 10.1. The lowest BCUT2D eigenvalue weighted by Crippen LogP contribution is -1.88. The monoisotopic (exact) mass is 258 g/mol. The molecule has 2 aromatic carbocycles. The van der Waals surface area contributed by atoms with E-state index in [1.165, 1.54) is 0 Å². The molecule has 0 amide bonds. The van der Waals surface area contributed by atoms with Gasteiger partial charge in [-0.1, -0.05) is 35.3 Å². The summed E-state index contributed by atoms with van der Waals surface area (Å²) in [5.74, 6) is 0. The Balaban J connectivity index is 3.03. The third-order valence-electron chi connectivity index (χ3n) is 1.84. The minimum absolute atomic E-state index is 0.230. The molecule has 0 saturated heterocycles. The molecule has 0 aliphatic carbocycles. The van der Waals surface area contributed by atoms with Gasteiger partial charge in [0.25, 0.3) is 0 Å². The first-order valence-corrected chi connectivity index (χ1v) is 4.96. The molecule has 0 bridgehead atoms. The molecule has 0 spiro atoms. The number of hydrogen-bond acceptors (Lipinski definition) is 2. The zero-order valence-corrected chi connectivity index (χ0v) is 9.42. The van der Waals surface area contributed by atoms with E-state index in [0.29, 0.717) is 0 Å². The normalized spacial score (nSPS) is 15.6. The van der Waals surface area contributed by atoms with Crippen molar-refractivity contribution in [3.8, 4) is 11.1 Å². The second kappa shape index (κ2) is 4.24. The van der Waals surface area contributed by atoms with Crippen LogP contribution in [0.2, 0.25) is 10.0 Å². The van der Waals surface area contributed by atoms with E-state index in [2.05, 4.69) is 0 Å². The Morgan fingerprint density at radius 2 is 1.19 bits per heavy atom. The Morgan fingerprint density at radius 1 is 0.812 bits per heavy atom. The van der Waals surface area contributed by atoms with E-state index >= 15 is 0 Å². The van der Waals surface area contributed by atoms with E-state index in [1.54, 1.807) is 0 Å². The second-order valence-electron chi connectivity index (χ2n) is 2.96. The molecule has 0 fully saturated rings. The maximum Gasteiger partial charge on any atom is 0.0646 e. The molecule has 0 aromatic heterocycles. The fourth-order valence-corrected chi connectivity index (χ4v) is 1.32. The van der Waals surface area contributed by atoms with Gasteiger partial charge in [0.1, 0.15) is 0 Å². The molecule has 0 aliphatic rings. The van der Waals surface area contributed by atoms with Crippen LogP contribution in [-0.4, -0.2) is 0 Å². The zero-order chi connectivity index (χ0) is 16.9. The van der Waals surface area contributed by atoms with Crippen molar-refractivity contribution < 1.29 is 8.22 Å². The number of benzene rings is 2. The van der Waals surface area contributed by atoms with Crippen molar-refractivity contribution in [3.05, 3.63) is 46.3 Å². The van der Waals surface area contributed by atoms with Crippen LogP contribution in [0.1, 0.15) is 8.22 Å². The third-order valence-corrected chi connectivity index (χ3v) is 2.43. The smallest absolute Gasteiger partial charge is 0.0646 e. The Morgan fingerprint density at radius 3 is 1.56 bits per heavy atom. The van der Waals surface area contributed by atoms with E-state index in [0.717, 1.165) is 0 Å². The predicted molar refractivity (Wildman–Crippen MR) is 70.7 cm³/mol.